The largest absolute Gasteiger partial charge is 0.460 e. The van der Waals surface area contributed by atoms with Crippen LogP contribution < -0.4 is 5.32 Å². The Labute approximate surface area is 136 Å². The van der Waals surface area contributed by atoms with Gasteiger partial charge in [-0.15, -0.1) is 0 Å². The molecule has 2 aromatic heterocycles. The first kappa shape index (κ1) is 15.4. The molecule has 0 saturated heterocycles. The highest BCUT2D eigenvalue weighted by atomic mass is 16.3. The van der Waals surface area contributed by atoms with Crippen molar-refractivity contribution < 1.29 is 9.21 Å². The van der Waals surface area contributed by atoms with Gasteiger partial charge in [-0.1, -0.05) is 43.7 Å². The molecule has 0 aliphatic rings. The minimum absolute atomic E-state index is 0.0431. The Kier molecular flexibility index (Phi) is 4.51. The number of benzene rings is 1. The van der Waals surface area contributed by atoms with E-state index in [1.54, 1.807) is 0 Å². The zero-order chi connectivity index (χ0) is 16.2. The molecule has 4 nitrogen and oxygen atoms in total. The van der Waals surface area contributed by atoms with E-state index < -0.39 is 0 Å². The van der Waals surface area contributed by atoms with Gasteiger partial charge in [0.05, 0.1) is 5.52 Å². The molecule has 0 bridgehead atoms. The van der Waals surface area contributed by atoms with Gasteiger partial charge in [-0.2, -0.15) is 0 Å². The van der Waals surface area contributed by atoms with Crippen molar-refractivity contribution >= 4 is 17.0 Å². The molecule has 0 radical (unpaired) electrons. The molecule has 3 aromatic rings. The van der Waals surface area contributed by atoms with E-state index in [-0.39, 0.29) is 5.91 Å². The summed E-state index contributed by atoms with van der Waals surface area (Å²) in [6.07, 6.45) is 2.05. The minimum atomic E-state index is -0.0431. The van der Waals surface area contributed by atoms with E-state index in [0.29, 0.717) is 18.8 Å². The van der Waals surface area contributed by atoms with E-state index in [9.17, 15) is 4.79 Å². The maximum atomic E-state index is 12.5. The molecule has 1 N–H and O–H groups in total. The summed E-state index contributed by atoms with van der Waals surface area (Å²) >= 11 is 0. The number of rotatable bonds is 6. The first-order chi connectivity index (χ1) is 11.2. The number of unbranched alkanes of at least 4 members (excludes halogenated alkanes) is 1. The molecule has 1 amide bonds. The number of nitrogens with zero attached hydrogens (tertiary/aromatic N) is 1. The van der Waals surface area contributed by atoms with Crippen molar-refractivity contribution in [1.82, 2.24) is 9.88 Å². The van der Waals surface area contributed by atoms with Crippen LogP contribution in [0.2, 0.25) is 0 Å². The van der Waals surface area contributed by atoms with Crippen molar-refractivity contribution in [3.8, 4) is 0 Å². The fourth-order valence-corrected chi connectivity index (χ4v) is 2.76. The Morgan fingerprint density at radius 2 is 2.00 bits per heavy atom. The van der Waals surface area contributed by atoms with Gasteiger partial charge in [0, 0.05) is 25.2 Å². The second-order valence-corrected chi connectivity index (χ2v) is 5.82. The topological polar surface area (TPSA) is 47.2 Å². The van der Waals surface area contributed by atoms with Crippen molar-refractivity contribution in [3.63, 3.8) is 0 Å². The van der Waals surface area contributed by atoms with Crippen LogP contribution in [0.3, 0.4) is 0 Å². The van der Waals surface area contributed by atoms with Crippen molar-refractivity contribution in [1.29, 1.82) is 0 Å². The zero-order valence-electron chi connectivity index (χ0n) is 13.6. The highest BCUT2D eigenvalue weighted by Gasteiger charge is 2.18. The van der Waals surface area contributed by atoms with Crippen LogP contribution in [0.25, 0.3) is 11.1 Å². The lowest BCUT2D eigenvalue weighted by Gasteiger charge is -2.10. The first-order valence-corrected chi connectivity index (χ1v) is 8.11. The molecule has 0 spiro atoms. The molecule has 0 saturated carbocycles. The van der Waals surface area contributed by atoms with Crippen LogP contribution in [0.15, 0.2) is 46.9 Å². The summed E-state index contributed by atoms with van der Waals surface area (Å²) in [5.41, 5.74) is 3.54. The van der Waals surface area contributed by atoms with E-state index in [1.165, 1.54) is 0 Å². The maximum absolute atomic E-state index is 12.5. The molecule has 4 heteroatoms. The first-order valence-electron chi connectivity index (χ1n) is 8.11. The van der Waals surface area contributed by atoms with Crippen LogP contribution in [-0.4, -0.2) is 17.0 Å². The fraction of sp³-hybridized carbons (Fsp3) is 0.316. The zero-order valence-corrected chi connectivity index (χ0v) is 13.6. The normalized spacial score (nSPS) is 11.0. The third kappa shape index (κ3) is 3.31. The fourth-order valence-electron chi connectivity index (χ4n) is 2.76. The lowest BCUT2D eigenvalue weighted by Crippen LogP contribution is -2.27. The Morgan fingerprint density at radius 1 is 1.22 bits per heavy atom. The number of fused-ring (bicyclic) bond motifs is 1. The van der Waals surface area contributed by atoms with E-state index in [0.717, 1.165) is 35.3 Å². The molecule has 0 unspecified atom stereocenters. The Hall–Kier alpha value is -2.49. The smallest absolute Gasteiger partial charge is 0.268 e. The number of furan rings is 1. The van der Waals surface area contributed by atoms with Crippen molar-refractivity contribution in [2.75, 3.05) is 6.54 Å². The summed E-state index contributed by atoms with van der Waals surface area (Å²) in [5.74, 6) is 0.813. The van der Waals surface area contributed by atoms with Crippen LogP contribution in [0.4, 0.5) is 0 Å². The van der Waals surface area contributed by atoms with Crippen LogP contribution in [0.1, 0.15) is 41.6 Å². The molecule has 0 fully saturated rings. The standard InChI is InChI=1S/C19H22N2O2/c1-3-4-10-20-19(22)17-12-18-16(11-14(2)23-18)21(17)13-15-8-6-5-7-9-15/h5-9,11-12H,3-4,10,13H2,1-2H3,(H,20,22). The quantitative estimate of drug-likeness (QED) is 0.696. The summed E-state index contributed by atoms with van der Waals surface area (Å²) in [7, 11) is 0. The SMILES string of the molecule is CCCCNC(=O)c1cc2oc(C)cc2n1Cc1ccccc1. The summed E-state index contributed by atoms with van der Waals surface area (Å²) in [6, 6.07) is 14.0. The van der Waals surface area contributed by atoms with Crippen molar-refractivity contribution in [2.45, 2.75) is 33.2 Å². The van der Waals surface area contributed by atoms with Gasteiger partial charge < -0.3 is 14.3 Å². The van der Waals surface area contributed by atoms with Crippen LogP contribution >= 0.6 is 0 Å². The van der Waals surface area contributed by atoms with Crippen LogP contribution in [-0.2, 0) is 6.54 Å². The van der Waals surface area contributed by atoms with Gasteiger partial charge in [0.25, 0.3) is 5.91 Å². The van der Waals surface area contributed by atoms with E-state index in [4.69, 9.17) is 4.42 Å². The second kappa shape index (κ2) is 6.73. The predicted molar refractivity (Wildman–Crippen MR) is 91.7 cm³/mol. The third-order valence-electron chi connectivity index (χ3n) is 3.94. The van der Waals surface area contributed by atoms with E-state index in [1.807, 2.05) is 41.8 Å². The maximum Gasteiger partial charge on any atom is 0.268 e. The Morgan fingerprint density at radius 3 is 2.74 bits per heavy atom. The summed E-state index contributed by atoms with van der Waals surface area (Å²) in [5, 5.41) is 2.99. The molecule has 0 aliphatic heterocycles. The Balaban J connectivity index is 1.95. The number of hydrogen-bond donors (Lipinski definition) is 1. The Bertz CT molecular complexity index is 800. The highest BCUT2D eigenvalue weighted by molar-refractivity contribution is 5.97. The van der Waals surface area contributed by atoms with Crippen molar-refractivity contribution in [3.05, 3.63) is 59.5 Å². The highest BCUT2D eigenvalue weighted by Crippen LogP contribution is 2.25. The van der Waals surface area contributed by atoms with Gasteiger partial charge in [-0.05, 0) is 18.9 Å². The number of aromatic nitrogens is 1. The predicted octanol–water partition coefficient (Wildman–Crippen LogP) is 4.12. The lowest BCUT2D eigenvalue weighted by molar-refractivity contribution is 0.0944. The molecule has 0 atom stereocenters. The molecule has 120 valence electrons. The van der Waals surface area contributed by atoms with Gasteiger partial charge >= 0.3 is 0 Å². The van der Waals surface area contributed by atoms with Gasteiger partial charge in [-0.25, -0.2) is 0 Å². The molecule has 23 heavy (non-hydrogen) atoms. The number of carbonyl (C=O) groups excluding carboxylic acids is 1. The molecule has 3 rings (SSSR count). The van der Waals surface area contributed by atoms with E-state index in [2.05, 4.69) is 24.4 Å². The molecular formula is C19H22N2O2. The van der Waals surface area contributed by atoms with Crippen LogP contribution in [0, 0.1) is 6.92 Å². The van der Waals surface area contributed by atoms with Gasteiger partial charge in [-0.3, -0.25) is 4.79 Å². The molecular weight excluding hydrogens is 288 g/mol. The number of carbonyl (C=O) groups is 1. The van der Waals surface area contributed by atoms with Gasteiger partial charge in [0.2, 0.25) is 0 Å². The van der Waals surface area contributed by atoms with E-state index >= 15 is 0 Å². The molecule has 0 aliphatic carbocycles. The average Bonchev–Trinajstić information content (AvgIpc) is 3.06. The monoisotopic (exact) mass is 310 g/mol. The van der Waals surface area contributed by atoms with Gasteiger partial charge in [0.15, 0.2) is 5.58 Å². The summed E-state index contributed by atoms with van der Waals surface area (Å²) in [4.78, 5) is 12.5. The lowest BCUT2D eigenvalue weighted by atomic mass is 10.2. The number of nitrogens with one attached hydrogen (secondary N) is 1. The van der Waals surface area contributed by atoms with Crippen molar-refractivity contribution in [2.24, 2.45) is 0 Å². The molecule has 1 aromatic carbocycles. The second-order valence-electron chi connectivity index (χ2n) is 5.82. The summed E-state index contributed by atoms with van der Waals surface area (Å²) in [6.45, 7) is 5.39. The third-order valence-corrected chi connectivity index (χ3v) is 3.94. The number of hydrogen-bond acceptors (Lipinski definition) is 2. The number of amides is 1. The number of aryl methyl sites for hydroxylation is 1. The van der Waals surface area contributed by atoms with Crippen LogP contribution in [0.5, 0.6) is 0 Å². The van der Waals surface area contributed by atoms with Gasteiger partial charge in [0.1, 0.15) is 11.5 Å². The minimum Gasteiger partial charge on any atom is -0.460 e. The average molecular weight is 310 g/mol. The molecule has 2 heterocycles. The summed E-state index contributed by atoms with van der Waals surface area (Å²) < 4.78 is 7.73.